The Morgan fingerprint density at radius 2 is 1.18 bits per heavy atom. The Hall–Kier alpha value is -4.96. The third-order valence-corrected chi connectivity index (χ3v) is 12.6. The number of para-hydroxylation sites is 2. The monoisotopic (exact) mass is 647 g/mol. The first-order valence-electron chi connectivity index (χ1n) is 18.2. The van der Waals surface area contributed by atoms with Crippen LogP contribution in [0.25, 0.3) is 0 Å². The molecule has 244 valence electrons. The normalized spacial score (nSPS) is 18.8. The first-order chi connectivity index (χ1) is 24.0. The van der Waals surface area contributed by atoms with E-state index in [1.54, 1.807) is 0 Å². The van der Waals surface area contributed by atoms with Crippen molar-refractivity contribution in [3.63, 3.8) is 0 Å². The van der Waals surface area contributed by atoms with E-state index in [-0.39, 0.29) is 23.0 Å². The SMILES string of the molecule is Cc1nc2c3c(n1)C(c1ccccc1)(c1ccccc1)c1cc4c(cc1B3c1cccc3c1N2c1ccccc1C3(C)C)C(C)(C)CC4(C)C. The summed E-state index contributed by atoms with van der Waals surface area (Å²) in [5.74, 6) is 1.81. The average Bonchev–Trinajstić information content (AvgIpc) is 3.29. The average molecular weight is 648 g/mol. The van der Waals surface area contributed by atoms with Gasteiger partial charge in [0.15, 0.2) is 0 Å². The predicted octanol–water partition coefficient (Wildman–Crippen LogP) is 8.38. The first kappa shape index (κ1) is 29.9. The molecule has 0 saturated carbocycles. The van der Waals surface area contributed by atoms with Crippen molar-refractivity contribution in [2.75, 3.05) is 4.90 Å². The van der Waals surface area contributed by atoms with Crippen LogP contribution in [0.15, 0.2) is 115 Å². The summed E-state index contributed by atoms with van der Waals surface area (Å²) in [5.41, 5.74) is 16.3. The molecule has 0 saturated heterocycles. The fraction of sp³-hybridized carbons (Fsp3) is 0.261. The molecule has 3 nitrogen and oxygen atoms in total. The molecule has 0 amide bonds. The summed E-state index contributed by atoms with van der Waals surface area (Å²) in [5, 5.41) is 0. The van der Waals surface area contributed by atoms with Gasteiger partial charge in [-0.15, -0.1) is 0 Å². The van der Waals surface area contributed by atoms with E-state index in [9.17, 15) is 0 Å². The maximum absolute atomic E-state index is 5.60. The van der Waals surface area contributed by atoms with Gasteiger partial charge in [-0.05, 0) is 80.1 Å². The van der Waals surface area contributed by atoms with Crippen LogP contribution in [0.4, 0.5) is 17.2 Å². The van der Waals surface area contributed by atoms with Gasteiger partial charge in [-0.25, -0.2) is 9.97 Å². The molecule has 6 aromatic rings. The molecule has 4 heteroatoms. The van der Waals surface area contributed by atoms with Gasteiger partial charge in [-0.3, -0.25) is 4.90 Å². The van der Waals surface area contributed by atoms with Crippen molar-refractivity contribution in [2.24, 2.45) is 0 Å². The second-order valence-electron chi connectivity index (χ2n) is 16.9. The number of nitrogens with zero attached hydrogens (tertiary/aromatic N) is 3. The van der Waals surface area contributed by atoms with Gasteiger partial charge < -0.3 is 0 Å². The van der Waals surface area contributed by atoms with Crippen molar-refractivity contribution in [1.29, 1.82) is 0 Å². The fourth-order valence-corrected chi connectivity index (χ4v) is 10.8. The summed E-state index contributed by atoms with van der Waals surface area (Å²) in [6, 6.07) is 43.5. The second-order valence-corrected chi connectivity index (χ2v) is 16.9. The molecule has 0 unspecified atom stereocenters. The largest absolute Gasteiger partial charge is 0.295 e. The summed E-state index contributed by atoms with van der Waals surface area (Å²) in [6.07, 6.45) is 1.11. The van der Waals surface area contributed by atoms with Gasteiger partial charge in [0.25, 0.3) is 6.71 Å². The standard InChI is InChI=1S/C46H42BN3/c1-28-48-41-39-42(49-28)50-38-24-15-14-21-31(38)45(6,7)32-22-16-23-36(40(32)50)47(39)37-26-34-33(43(2,3)27-44(34,4)5)25-35(37)46(41,29-17-10-8-11-18-29)30-19-12-9-13-20-30/h8-26H,27H2,1-7H3. The van der Waals surface area contributed by atoms with E-state index in [2.05, 4.69) is 169 Å². The molecule has 1 aliphatic carbocycles. The van der Waals surface area contributed by atoms with Gasteiger partial charge in [0.05, 0.1) is 16.8 Å². The Morgan fingerprint density at radius 3 is 1.86 bits per heavy atom. The topological polar surface area (TPSA) is 29.0 Å². The van der Waals surface area contributed by atoms with Crippen LogP contribution in [0.1, 0.15) is 98.4 Å². The lowest BCUT2D eigenvalue weighted by Gasteiger charge is -2.50. The summed E-state index contributed by atoms with van der Waals surface area (Å²) < 4.78 is 0. The van der Waals surface area contributed by atoms with Crippen LogP contribution in [0.5, 0.6) is 0 Å². The zero-order valence-electron chi connectivity index (χ0n) is 30.1. The zero-order chi connectivity index (χ0) is 34.4. The summed E-state index contributed by atoms with van der Waals surface area (Å²) in [4.78, 5) is 13.5. The van der Waals surface area contributed by atoms with Gasteiger partial charge in [0, 0.05) is 11.1 Å². The molecule has 3 aliphatic heterocycles. The van der Waals surface area contributed by atoms with Gasteiger partial charge in [0.2, 0.25) is 0 Å². The summed E-state index contributed by atoms with van der Waals surface area (Å²) in [6.45, 7) is 16.6. The predicted molar refractivity (Wildman–Crippen MR) is 207 cm³/mol. The number of hydrogen-bond donors (Lipinski definition) is 0. The third-order valence-electron chi connectivity index (χ3n) is 12.6. The van der Waals surface area contributed by atoms with E-state index in [4.69, 9.17) is 9.97 Å². The number of anilines is 3. The Morgan fingerprint density at radius 1 is 0.580 bits per heavy atom. The molecule has 0 atom stereocenters. The highest BCUT2D eigenvalue weighted by atomic mass is 15.2. The van der Waals surface area contributed by atoms with Crippen molar-refractivity contribution in [3.8, 4) is 0 Å². The molecule has 50 heavy (non-hydrogen) atoms. The molecule has 0 fully saturated rings. The van der Waals surface area contributed by atoms with Crippen molar-refractivity contribution >= 4 is 40.3 Å². The van der Waals surface area contributed by atoms with Crippen LogP contribution in [0, 0.1) is 6.92 Å². The van der Waals surface area contributed by atoms with Crippen LogP contribution in [0.2, 0.25) is 0 Å². The minimum absolute atomic E-state index is 0.00627. The van der Waals surface area contributed by atoms with Crippen LogP contribution >= 0.6 is 0 Å². The van der Waals surface area contributed by atoms with Crippen molar-refractivity contribution in [2.45, 2.75) is 76.5 Å². The minimum atomic E-state index is -0.645. The van der Waals surface area contributed by atoms with Crippen LogP contribution < -0.4 is 21.3 Å². The number of aromatic nitrogens is 2. The molecule has 0 spiro atoms. The molecule has 4 aliphatic rings. The minimum Gasteiger partial charge on any atom is -0.295 e. The van der Waals surface area contributed by atoms with E-state index in [0.717, 1.165) is 23.8 Å². The number of rotatable bonds is 2. The van der Waals surface area contributed by atoms with Gasteiger partial charge in [0.1, 0.15) is 11.6 Å². The molecule has 5 aromatic carbocycles. The Balaban J connectivity index is 1.44. The number of aryl methyl sites for hydroxylation is 1. The number of benzene rings is 5. The third kappa shape index (κ3) is 3.57. The van der Waals surface area contributed by atoms with Gasteiger partial charge in [-0.2, -0.15) is 0 Å². The van der Waals surface area contributed by atoms with E-state index in [0.29, 0.717) is 0 Å². The fourth-order valence-electron chi connectivity index (χ4n) is 10.8. The van der Waals surface area contributed by atoms with E-state index in [1.165, 1.54) is 66.7 Å². The molecule has 1 aromatic heterocycles. The Bertz CT molecular complexity index is 2370. The van der Waals surface area contributed by atoms with E-state index < -0.39 is 5.41 Å². The molecule has 10 rings (SSSR count). The Kier molecular flexibility index (Phi) is 5.76. The molecule has 0 radical (unpaired) electrons. The second kappa shape index (κ2) is 9.63. The van der Waals surface area contributed by atoms with Crippen molar-refractivity contribution in [1.82, 2.24) is 9.97 Å². The van der Waals surface area contributed by atoms with Crippen molar-refractivity contribution < 1.29 is 0 Å². The lowest BCUT2D eigenvalue weighted by molar-refractivity contribution is 0.403. The van der Waals surface area contributed by atoms with E-state index in [1.807, 2.05) is 0 Å². The zero-order valence-corrected chi connectivity index (χ0v) is 30.1. The van der Waals surface area contributed by atoms with Crippen LogP contribution in [-0.2, 0) is 21.7 Å². The highest BCUT2D eigenvalue weighted by molar-refractivity contribution is 6.99. The van der Waals surface area contributed by atoms with Crippen LogP contribution in [-0.4, -0.2) is 16.7 Å². The summed E-state index contributed by atoms with van der Waals surface area (Å²) >= 11 is 0. The highest BCUT2D eigenvalue weighted by Gasteiger charge is 2.56. The number of fused-ring (bicyclic) bond motifs is 7. The van der Waals surface area contributed by atoms with E-state index >= 15 is 0 Å². The quantitative estimate of drug-likeness (QED) is 0.177. The molecular formula is C46H42BN3. The molecular weight excluding hydrogens is 605 g/mol. The van der Waals surface area contributed by atoms with Crippen LogP contribution in [0.3, 0.4) is 0 Å². The van der Waals surface area contributed by atoms with Gasteiger partial charge in [-0.1, -0.05) is 156 Å². The maximum Gasteiger partial charge on any atom is 0.251 e. The molecule has 0 N–H and O–H groups in total. The van der Waals surface area contributed by atoms with Gasteiger partial charge >= 0.3 is 0 Å². The first-order valence-corrected chi connectivity index (χ1v) is 18.2. The summed E-state index contributed by atoms with van der Waals surface area (Å²) in [7, 11) is 0. The smallest absolute Gasteiger partial charge is 0.251 e. The lowest BCUT2D eigenvalue weighted by atomic mass is 9.29. The maximum atomic E-state index is 5.60. The molecule has 4 heterocycles. The van der Waals surface area contributed by atoms with Crippen molar-refractivity contribution in [3.05, 3.63) is 166 Å². The molecule has 0 bridgehead atoms. The lowest BCUT2D eigenvalue weighted by Crippen LogP contribution is -2.66. The number of hydrogen-bond acceptors (Lipinski definition) is 3. The highest BCUT2D eigenvalue weighted by Crippen LogP contribution is 2.56. The Labute approximate surface area is 296 Å².